The molecular weight excluding hydrogens is 220 g/mol. The van der Waals surface area contributed by atoms with Gasteiger partial charge in [-0.25, -0.2) is 4.79 Å². The Morgan fingerprint density at radius 3 is 2.76 bits per heavy atom. The molecule has 2 fully saturated rings. The number of carbonyl (C=O) groups excluding carboxylic acids is 2. The van der Waals surface area contributed by atoms with E-state index in [0.717, 1.165) is 18.4 Å². The lowest BCUT2D eigenvalue weighted by molar-refractivity contribution is -0.160. The monoisotopic (exact) mass is 236 g/mol. The second-order valence-electron chi connectivity index (χ2n) is 4.81. The molecule has 0 radical (unpaired) electrons. The molecule has 0 amide bonds. The second-order valence-corrected chi connectivity index (χ2v) is 4.81. The molecule has 0 aromatic heterocycles. The van der Waals surface area contributed by atoms with E-state index in [4.69, 9.17) is 9.47 Å². The first-order valence-electron chi connectivity index (χ1n) is 5.68. The number of hydrogen-bond acceptors (Lipinski definition) is 4. The van der Waals surface area contributed by atoms with Gasteiger partial charge in [-0.3, -0.25) is 4.79 Å². The van der Waals surface area contributed by atoms with Crippen LogP contribution in [0.4, 0.5) is 0 Å². The summed E-state index contributed by atoms with van der Waals surface area (Å²) in [7, 11) is 0. The third kappa shape index (κ3) is 1.99. The van der Waals surface area contributed by atoms with Gasteiger partial charge in [0.25, 0.3) is 6.47 Å². The molecule has 0 saturated heterocycles. The number of hydrogen-bond donors (Lipinski definition) is 0. The molecular formula is C13H16O4. The fourth-order valence-electron chi connectivity index (χ4n) is 2.80. The summed E-state index contributed by atoms with van der Waals surface area (Å²) < 4.78 is 10.4. The summed E-state index contributed by atoms with van der Waals surface area (Å²) in [6.07, 6.45) is 1.00. The van der Waals surface area contributed by atoms with Crippen molar-refractivity contribution in [2.24, 2.45) is 11.8 Å². The van der Waals surface area contributed by atoms with Gasteiger partial charge in [0, 0.05) is 17.4 Å². The van der Waals surface area contributed by atoms with Crippen molar-refractivity contribution in [1.29, 1.82) is 0 Å². The Kier molecular flexibility index (Phi) is 3.05. The van der Waals surface area contributed by atoms with Crippen LogP contribution in [0.5, 0.6) is 0 Å². The van der Waals surface area contributed by atoms with Crippen LogP contribution < -0.4 is 0 Å². The molecule has 4 nitrogen and oxygen atoms in total. The Labute approximate surface area is 100 Å². The van der Waals surface area contributed by atoms with E-state index in [1.807, 2.05) is 0 Å². The van der Waals surface area contributed by atoms with Crippen LogP contribution >= 0.6 is 0 Å². The summed E-state index contributed by atoms with van der Waals surface area (Å²) >= 11 is 0. The van der Waals surface area contributed by atoms with Gasteiger partial charge in [0.15, 0.2) is 0 Å². The highest BCUT2D eigenvalue weighted by molar-refractivity contribution is 5.87. The summed E-state index contributed by atoms with van der Waals surface area (Å²) in [5, 5.41) is 0. The molecule has 4 unspecified atom stereocenters. The molecule has 2 bridgehead atoms. The first-order valence-corrected chi connectivity index (χ1v) is 5.68. The summed E-state index contributed by atoms with van der Waals surface area (Å²) in [4.78, 5) is 22.0. The highest BCUT2D eigenvalue weighted by Crippen LogP contribution is 2.50. The molecule has 0 aromatic rings. The van der Waals surface area contributed by atoms with E-state index in [9.17, 15) is 9.59 Å². The van der Waals surface area contributed by atoms with Gasteiger partial charge in [-0.1, -0.05) is 18.7 Å². The first-order chi connectivity index (χ1) is 8.04. The SMILES string of the molecule is C=C(C)C(=O)OC1C2CC(=C)C(C2)C1OC=O. The predicted molar refractivity (Wildman–Crippen MR) is 61.0 cm³/mol. The average Bonchev–Trinajstić information content (AvgIpc) is 2.77. The van der Waals surface area contributed by atoms with E-state index in [0.29, 0.717) is 12.0 Å². The highest BCUT2D eigenvalue weighted by Gasteiger charge is 2.53. The van der Waals surface area contributed by atoms with Crippen molar-refractivity contribution in [3.63, 3.8) is 0 Å². The summed E-state index contributed by atoms with van der Waals surface area (Å²) in [6, 6.07) is 0. The molecule has 2 saturated carbocycles. The van der Waals surface area contributed by atoms with Gasteiger partial charge in [-0.05, 0) is 19.8 Å². The lowest BCUT2D eigenvalue weighted by Gasteiger charge is -2.30. The van der Waals surface area contributed by atoms with E-state index in [1.54, 1.807) is 6.92 Å². The van der Waals surface area contributed by atoms with E-state index in [2.05, 4.69) is 13.2 Å². The van der Waals surface area contributed by atoms with Crippen molar-refractivity contribution < 1.29 is 19.1 Å². The van der Waals surface area contributed by atoms with Crippen molar-refractivity contribution >= 4 is 12.4 Å². The normalized spacial score (nSPS) is 34.5. The van der Waals surface area contributed by atoms with Gasteiger partial charge in [0.05, 0.1) is 0 Å². The Morgan fingerprint density at radius 1 is 1.47 bits per heavy atom. The minimum absolute atomic E-state index is 0.133. The molecule has 2 aliphatic carbocycles. The fraction of sp³-hybridized carbons (Fsp3) is 0.538. The molecule has 4 atom stereocenters. The Balaban J connectivity index is 2.10. The van der Waals surface area contributed by atoms with Crippen LogP contribution in [-0.4, -0.2) is 24.6 Å². The van der Waals surface area contributed by atoms with Crippen LogP contribution in [0.25, 0.3) is 0 Å². The van der Waals surface area contributed by atoms with Crippen LogP contribution in [0.3, 0.4) is 0 Å². The zero-order chi connectivity index (χ0) is 12.6. The average molecular weight is 236 g/mol. The van der Waals surface area contributed by atoms with Crippen LogP contribution in [0.15, 0.2) is 24.3 Å². The molecule has 0 spiro atoms. The summed E-state index contributed by atoms with van der Waals surface area (Å²) in [5.41, 5.74) is 1.45. The van der Waals surface area contributed by atoms with Crippen LogP contribution in [0, 0.1) is 11.8 Å². The molecule has 0 aliphatic heterocycles. The minimum Gasteiger partial charge on any atom is -0.460 e. The fourth-order valence-corrected chi connectivity index (χ4v) is 2.80. The van der Waals surface area contributed by atoms with Crippen LogP contribution in [0.1, 0.15) is 19.8 Å². The molecule has 17 heavy (non-hydrogen) atoms. The van der Waals surface area contributed by atoms with Gasteiger partial charge >= 0.3 is 5.97 Å². The van der Waals surface area contributed by atoms with E-state index in [-0.39, 0.29) is 24.0 Å². The summed E-state index contributed by atoms with van der Waals surface area (Å²) in [5.74, 6) is -0.0680. The van der Waals surface area contributed by atoms with E-state index >= 15 is 0 Å². The smallest absolute Gasteiger partial charge is 0.333 e. The highest BCUT2D eigenvalue weighted by atomic mass is 16.6. The van der Waals surface area contributed by atoms with Crippen molar-refractivity contribution in [2.45, 2.75) is 32.0 Å². The third-order valence-corrected chi connectivity index (χ3v) is 3.59. The lowest BCUT2D eigenvalue weighted by Crippen LogP contribution is -2.39. The quantitative estimate of drug-likeness (QED) is 0.322. The zero-order valence-electron chi connectivity index (χ0n) is 9.85. The van der Waals surface area contributed by atoms with Crippen molar-refractivity contribution in [1.82, 2.24) is 0 Å². The van der Waals surface area contributed by atoms with Gasteiger partial charge in [0.1, 0.15) is 12.2 Å². The number of ether oxygens (including phenoxy) is 2. The van der Waals surface area contributed by atoms with Crippen LogP contribution in [-0.2, 0) is 19.1 Å². The molecule has 0 heterocycles. The van der Waals surface area contributed by atoms with Crippen LogP contribution in [0.2, 0.25) is 0 Å². The Hall–Kier alpha value is -1.58. The Bertz CT molecular complexity index is 385. The van der Waals surface area contributed by atoms with Crippen molar-refractivity contribution in [2.75, 3.05) is 0 Å². The maximum atomic E-state index is 11.5. The molecule has 0 aromatic carbocycles. The van der Waals surface area contributed by atoms with E-state index < -0.39 is 5.97 Å². The lowest BCUT2D eigenvalue weighted by atomic mass is 9.91. The van der Waals surface area contributed by atoms with Gasteiger partial charge in [-0.15, -0.1) is 0 Å². The maximum Gasteiger partial charge on any atom is 0.333 e. The predicted octanol–water partition coefficient (Wildman–Crippen LogP) is 1.61. The molecule has 4 heteroatoms. The Morgan fingerprint density at radius 2 is 2.18 bits per heavy atom. The second kappa shape index (κ2) is 4.35. The maximum absolute atomic E-state index is 11.5. The van der Waals surface area contributed by atoms with Gasteiger partial charge < -0.3 is 9.47 Å². The largest absolute Gasteiger partial charge is 0.460 e. The van der Waals surface area contributed by atoms with Crippen molar-refractivity contribution in [3.8, 4) is 0 Å². The van der Waals surface area contributed by atoms with E-state index in [1.165, 1.54) is 0 Å². The minimum atomic E-state index is -0.423. The molecule has 0 N–H and O–H groups in total. The molecule has 2 aliphatic rings. The van der Waals surface area contributed by atoms with Gasteiger partial charge in [-0.2, -0.15) is 0 Å². The number of carbonyl (C=O) groups is 2. The third-order valence-electron chi connectivity index (χ3n) is 3.59. The first kappa shape index (κ1) is 11.9. The molecule has 92 valence electrons. The standard InChI is InChI=1S/C13H16O4/c1-7(2)13(15)17-11-9-4-8(3)10(5-9)12(11)16-6-14/h6,9-12H,1,3-5H2,2H3. The topological polar surface area (TPSA) is 52.6 Å². The van der Waals surface area contributed by atoms with Gasteiger partial charge in [0.2, 0.25) is 0 Å². The molecule has 2 rings (SSSR count). The summed E-state index contributed by atoms with van der Waals surface area (Å²) in [6.45, 7) is 9.52. The number of esters is 1. The zero-order valence-corrected chi connectivity index (χ0v) is 9.85. The van der Waals surface area contributed by atoms with Crippen molar-refractivity contribution in [3.05, 3.63) is 24.3 Å². The number of fused-ring (bicyclic) bond motifs is 2. The number of rotatable bonds is 4.